The van der Waals surface area contributed by atoms with Gasteiger partial charge in [-0.05, 0) is 12.1 Å². The molecule has 0 aliphatic rings. The number of hydrogen-bond donors (Lipinski definition) is 2. The maximum Gasteiger partial charge on any atom is 0.239 e. The molecule has 96 valence electrons. The molecule has 0 aliphatic carbocycles. The molecule has 1 aromatic carbocycles. The van der Waals surface area contributed by atoms with Crippen LogP contribution < -0.4 is 15.4 Å². The predicted molar refractivity (Wildman–Crippen MR) is 69.7 cm³/mol. The van der Waals surface area contributed by atoms with E-state index in [0.29, 0.717) is 29.4 Å². The molecule has 0 fully saturated rings. The highest BCUT2D eigenvalue weighted by atomic mass is 35.5. The Morgan fingerprint density at radius 2 is 2.33 bits per heavy atom. The van der Waals surface area contributed by atoms with Gasteiger partial charge in [0.2, 0.25) is 5.91 Å². The van der Waals surface area contributed by atoms with Crippen molar-refractivity contribution < 1.29 is 9.53 Å². The summed E-state index contributed by atoms with van der Waals surface area (Å²) < 4.78 is 5.06. The summed E-state index contributed by atoms with van der Waals surface area (Å²) in [6.07, 6.45) is 0.297. The largest absolute Gasteiger partial charge is 0.497 e. The number of nitriles is 1. The molecule has 0 spiro atoms. The van der Waals surface area contributed by atoms with E-state index in [1.165, 1.54) is 0 Å². The van der Waals surface area contributed by atoms with Crippen LogP contribution >= 0.6 is 11.6 Å². The number of anilines is 1. The van der Waals surface area contributed by atoms with Gasteiger partial charge in [0.15, 0.2) is 0 Å². The van der Waals surface area contributed by atoms with Crippen LogP contribution in [0.4, 0.5) is 5.69 Å². The average molecular weight is 268 g/mol. The molecule has 5 nitrogen and oxygen atoms in total. The van der Waals surface area contributed by atoms with Crippen molar-refractivity contribution in [1.82, 2.24) is 5.32 Å². The molecule has 6 heteroatoms. The fraction of sp³-hybridized carbons (Fsp3) is 0.333. The summed E-state index contributed by atoms with van der Waals surface area (Å²) in [5.41, 5.74) is 0.631. The van der Waals surface area contributed by atoms with Gasteiger partial charge in [-0.25, -0.2) is 0 Å². The van der Waals surface area contributed by atoms with Gasteiger partial charge in [0, 0.05) is 12.6 Å². The fourth-order valence-corrected chi connectivity index (χ4v) is 1.45. The number of ether oxygens (including phenoxy) is 1. The molecule has 1 amide bonds. The Balaban J connectivity index is 2.48. The number of nitrogens with one attached hydrogen (secondary N) is 2. The van der Waals surface area contributed by atoms with Crippen LogP contribution in [0, 0.1) is 11.3 Å². The van der Waals surface area contributed by atoms with Crippen LogP contribution in [-0.2, 0) is 4.79 Å². The highest BCUT2D eigenvalue weighted by Crippen LogP contribution is 2.26. The zero-order valence-electron chi connectivity index (χ0n) is 10.00. The maximum atomic E-state index is 11.4. The van der Waals surface area contributed by atoms with Gasteiger partial charge < -0.3 is 15.4 Å². The second-order valence-corrected chi connectivity index (χ2v) is 3.86. The minimum absolute atomic E-state index is 0.0956. The third-order valence-electron chi connectivity index (χ3n) is 2.17. The van der Waals surface area contributed by atoms with Gasteiger partial charge in [-0.15, -0.1) is 0 Å². The minimum Gasteiger partial charge on any atom is -0.497 e. The van der Waals surface area contributed by atoms with Crippen molar-refractivity contribution in [2.75, 3.05) is 25.5 Å². The molecule has 0 bridgehead atoms. The first-order valence-electron chi connectivity index (χ1n) is 5.38. The zero-order valence-corrected chi connectivity index (χ0v) is 10.8. The van der Waals surface area contributed by atoms with Gasteiger partial charge in [0.05, 0.1) is 36.9 Å². The summed E-state index contributed by atoms with van der Waals surface area (Å²) in [6.45, 7) is 0.446. The Morgan fingerprint density at radius 3 is 3.00 bits per heavy atom. The van der Waals surface area contributed by atoms with E-state index in [-0.39, 0.29) is 12.5 Å². The lowest BCUT2D eigenvalue weighted by Gasteiger charge is -2.10. The fourth-order valence-electron chi connectivity index (χ4n) is 1.26. The monoisotopic (exact) mass is 267 g/mol. The van der Waals surface area contributed by atoms with Crippen LogP contribution in [0.15, 0.2) is 18.2 Å². The van der Waals surface area contributed by atoms with Crippen LogP contribution in [0.2, 0.25) is 5.02 Å². The SMILES string of the molecule is COc1ccc(Cl)c(NCC(=O)NCCC#N)c1. The third-order valence-corrected chi connectivity index (χ3v) is 2.50. The van der Waals surface area contributed by atoms with Crippen molar-refractivity contribution in [3.8, 4) is 11.8 Å². The lowest BCUT2D eigenvalue weighted by atomic mass is 10.3. The molecular weight excluding hydrogens is 254 g/mol. The van der Waals surface area contributed by atoms with Crippen molar-refractivity contribution >= 4 is 23.2 Å². The molecule has 0 atom stereocenters. The van der Waals surface area contributed by atoms with Crippen LogP contribution in [0.5, 0.6) is 5.75 Å². The molecule has 18 heavy (non-hydrogen) atoms. The quantitative estimate of drug-likeness (QED) is 0.771. The van der Waals surface area contributed by atoms with Crippen molar-refractivity contribution in [2.45, 2.75) is 6.42 Å². The maximum absolute atomic E-state index is 11.4. The Kier molecular flexibility index (Phi) is 5.81. The Bertz CT molecular complexity index is 457. The highest BCUT2D eigenvalue weighted by molar-refractivity contribution is 6.33. The van der Waals surface area contributed by atoms with E-state index in [1.54, 1.807) is 25.3 Å². The smallest absolute Gasteiger partial charge is 0.239 e. The molecule has 2 N–H and O–H groups in total. The standard InChI is InChI=1S/C12H14ClN3O2/c1-18-9-3-4-10(13)11(7-9)16-8-12(17)15-6-2-5-14/h3-4,7,16H,2,6,8H2,1H3,(H,15,17). The van der Waals surface area contributed by atoms with Crippen LogP contribution in [0.3, 0.4) is 0 Å². The van der Waals surface area contributed by atoms with E-state index in [2.05, 4.69) is 10.6 Å². The first-order chi connectivity index (χ1) is 8.67. The van der Waals surface area contributed by atoms with E-state index in [4.69, 9.17) is 21.6 Å². The molecular formula is C12H14ClN3O2. The topological polar surface area (TPSA) is 74.2 Å². The molecule has 1 aromatic rings. The average Bonchev–Trinajstić information content (AvgIpc) is 2.38. The Morgan fingerprint density at radius 1 is 1.56 bits per heavy atom. The number of amides is 1. The predicted octanol–water partition coefficient (Wildman–Crippen LogP) is 1.79. The number of carbonyl (C=O) groups is 1. The van der Waals surface area contributed by atoms with Gasteiger partial charge in [-0.1, -0.05) is 11.6 Å². The first-order valence-corrected chi connectivity index (χ1v) is 5.76. The van der Waals surface area contributed by atoms with Crippen molar-refractivity contribution in [1.29, 1.82) is 5.26 Å². The summed E-state index contributed by atoms with van der Waals surface area (Å²) in [4.78, 5) is 11.4. The van der Waals surface area contributed by atoms with E-state index >= 15 is 0 Å². The van der Waals surface area contributed by atoms with E-state index in [1.807, 2.05) is 6.07 Å². The van der Waals surface area contributed by atoms with E-state index in [9.17, 15) is 4.79 Å². The lowest BCUT2D eigenvalue weighted by Crippen LogP contribution is -2.30. The second kappa shape index (κ2) is 7.41. The minimum atomic E-state index is -0.191. The second-order valence-electron chi connectivity index (χ2n) is 3.46. The Labute approximate surface area is 111 Å². The zero-order chi connectivity index (χ0) is 13.4. The highest BCUT2D eigenvalue weighted by Gasteiger charge is 2.05. The molecule has 0 saturated heterocycles. The number of halogens is 1. The summed E-state index contributed by atoms with van der Waals surface area (Å²) in [5.74, 6) is 0.468. The normalized spacial score (nSPS) is 9.39. The van der Waals surface area contributed by atoms with Crippen molar-refractivity contribution in [3.63, 3.8) is 0 Å². The van der Waals surface area contributed by atoms with E-state index in [0.717, 1.165) is 0 Å². The number of nitrogens with zero attached hydrogens (tertiary/aromatic N) is 1. The summed E-state index contributed by atoms with van der Waals surface area (Å²) in [5, 5.41) is 14.4. The van der Waals surface area contributed by atoms with Crippen LogP contribution in [0.1, 0.15) is 6.42 Å². The van der Waals surface area contributed by atoms with E-state index < -0.39 is 0 Å². The van der Waals surface area contributed by atoms with Gasteiger partial charge >= 0.3 is 0 Å². The molecule has 0 heterocycles. The number of carbonyl (C=O) groups excluding carboxylic acids is 1. The molecule has 0 aliphatic heterocycles. The number of rotatable bonds is 6. The number of benzene rings is 1. The number of methoxy groups -OCH3 is 1. The lowest BCUT2D eigenvalue weighted by molar-refractivity contribution is -0.119. The summed E-state index contributed by atoms with van der Waals surface area (Å²) in [7, 11) is 1.56. The van der Waals surface area contributed by atoms with Gasteiger partial charge in [0.25, 0.3) is 0 Å². The van der Waals surface area contributed by atoms with Gasteiger partial charge in [0.1, 0.15) is 5.75 Å². The summed E-state index contributed by atoms with van der Waals surface area (Å²) >= 11 is 5.97. The summed E-state index contributed by atoms with van der Waals surface area (Å²) in [6, 6.07) is 7.09. The van der Waals surface area contributed by atoms with Crippen molar-refractivity contribution in [3.05, 3.63) is 23.2 Å². The molecule has 0 saturated carbocycles. The first kappa shape index (κ1) is 14.1. The third kappa shape index (κ3) is 4.52. The molecule has 0 radical (unpaired) electrons. The van der Waals surface area contributed by atoms with Crippen LogP contribution in [-0.4, -0.2) is 26.1 Å². The van der Waals surface area contributed by atoms with Crippen molar-refractivity contribution in [2.24, 2.45) is 0 Å². The molecule has 0 unspecified atom stereocenters. The Hall–Kier alpha value is -1.93. The molecule has 1 rings (SSSR count). The molecule has 0 aromatic heterocycles. The van der Waals surface area contributed by atoms with Gasteiger partial charge in [-0.3, -0.25) is 4.79 Å². The number of hydrogen-bond acceptors (Lipinski definition) is 4. The van der Waals surface area contributed by atoms with Crippen LogP contribution in [0.25, 0.3) is 0 Å². The van der Waals surface area contributed by atoms with Gasteiger partial charge in [-0.2, -0.15) is 5.26 Å².